The molecule has 0 heterocycles. The maximum absolute atomic E-state index is 5.98. The summed E-state index contributed by atoms with van der Waals surface area (Å²) >= 11 is 12.0. The lowest BCUT2D eigenvalue weighted by Gasteiger charge is -2.13. The second-order valence-corrected chi connectivity index (χ2v) is 3.46. The van der Waals surface area contributed by atoms with Gasteiger partial charge in [0.1, 0.15) is 0 Å². The van der Waals surface area contributed by atoms with Crippen molar-refractivity contribution in [3.8, 4) is 0 Å². The van der Waals surface area contributed by atoms with Crippen LogP contribution in [-0.2, 0) is 0 Å². The van der Waals surface area contributed by atoms with Crippen molar-refractivity contribution in [1.82, 2.24) is 5.32 Å². The van der Waals surface area contributed by atoms with E-state index in [1.165, 1.54) is 0 Å². The normalized spacial score (nSPS) is 13.0. The number of halogens is 2. The van der Waals surface area contributed by atoms with Gasteiger partial charge in [0.15, 0.2) is 0 Å². The Bertz CT molecular complexity index is 253. The quantitative estimate of drug-likeness (QED) is 0.779. The molecule has 1 atom stereocenters. The molecule has 0 aliphatic heterocycles. The zero-order chi connectivity index (χ0) is 9.14. The Morgan fingerprint density at radius 2 is 1.75 bits per heavy atom. The molecule has 1 aromatic carbocycles. The van der Waals surface area contributed by atoms with Gasteiger partial charge in [0, 0.05) is 21.7 Å². The van der Waals surface area contributed by atoms with Gasteiger partial charge >= 0.3 is 0 Å². The summed E-state index contributed by atoms with van der Waals surface area (Å²) in [6, 6.07) is 5.72. The van der Waals surface area contributed by atoms with E-state index in [-0.39, 0.29) is 6.04 Å². The fourth-order valence-electron chi connectivity index (χ4n) is 1.07. The van der Waals surface area contributed by atoms with E-state index >= 15 is 0 Å². The molecule has 1 rings (SSSR count). The van der Waals surface area contributed by atoms with E-state index < -0.39 is 0 Å². The van der Waals surface area contributed by atoms with Gasteiger partial charge in [-0.25, -0.2) is 0 Å². The number of hydrogen-bond donors (Lipinski definition) is 1. The Morgan fingerprint density at radius 3 is 2.17 bits per heavy atom. The van der Waals surface area contributed by atoms with Gasteiger partial charge in [0.2, 0.25) is 0 Å². The first-order valence-electron chi connectivity index (χ1n) is 3.78. The van der Waals surface area contributed by atoms with Crippen molar-refractivity contribution in [2.24, 2.45) is 0 Å². The van der Waals surface area contributed by atoms with Crippen LogP contribution < -0.4 is 5.32 Å². The number of nitrogens with one attached hydrogen (secondary N) is 1. The SMILES string of the molecule is CN[C@@H](C)c1c(Cl)cccc1Cl. The van der Waals surface area contributed by atoms with Crippen LogP contribution in [0.1, 0.15) is 18.5 Å². The molecule has 0 aromatic heterocycles. The summed E-state index contributed by atoms with van der Waals surface area (Å²) in [5.74, 6) is 0. The molecule has 1 aromatic rings. The minimum absolute atomic E-state index is 0.186. The predicted molar refractivity (Wildman–Crippen MR) is 53.9 cm³/mol. The number of hydrogen-bond acceptors (Lipinski definition) is 1. The van der Waals surface area contributed by atoms with E-state index in [0.29, 0.717) is 10.0 Å². The Morgan fingerprint density at radius 1 is 1.25 bits per heavy atom. The maximum atomic E-state index is 5.98. The highest BCUT2D eigenvalue weighted by Gasteiger charge is 2.10. The highest BCUT2D eigenvalue weighted by Crippen LogP contribution is 2.29. The minimum Gasteiger partial charge on any atom is -0.313 e. The molecule has 1 nitrogen and oxygen atoms in total. The predicted octanol–water partition coefficient (Wildman–Crippen LogP) is 3.27. The van der Waals surface area contributed by atoms with Gasteiger partial charge in [-0.3, -0.25) is 0 Å². The molecular formula is C9H11Cl2N. The van der Waals surface area contributed by atoms with Crippen LogP contribution in [0.4, 0.5) is 0 Å². The number of benzene rings is 1. The maximum Gasteiger partial charge on any atom is 0.0468 e. The average molecular weight is 204 g/mol. The van der Waals surface area contributed by atoms with Crippen LogP contribution in [0.2, 0.25) is 10.0 Å². The van der Waals surface area contributed by atoms with Crippen LogP contribution in [0.5, 0.6) is 0 Å². The third-order valence-electron chi connectivity index (χ3n) is 1.87. The largest absolute Gasteiger partial charge is 0.313 e. The van der Waals surface area contributed by atoms with Gasteiger partial charge in [-0.1, -0.05) is 29.3 Å². The van der Waals surface area contributed by atoms with Crippen molar-refractivity contribution in [2.75, 3.05) is 7.05 Å². The molecule has 0 saturated heterocycles. The van der Waals surface area contributed by atoms with E-state index in [0.717, 1.165) is 5.56 Å². The summed E-state index contributed by atoms with van der Waals surface area (Å²) in [7, 11) is 1.88. The van der Waals surface area contributed by atoms with E-state index in [9.17, 15) is 0 Å². The van der Waals surface area contributed by atoms with Gasteiger partial charge in [0.25, 0.3) is 0 Å². The van der Waals surface area contributed by atoms with Gasteiger partial charge in [-0.15, -0.1) is 0 Å². The summed E-state index contributed by atoms with van der Waals surface area (Å²) in [4.78, 5) is 0. The van der Waals surface area contributed by atoms with Crippen molar-refractivity contribution in [3.05, 3.63) is 33.8 Å². The zero-order valence-electron chi connectivity index (χ0n) is 7.07. The highest BCUT2D eigenvalue weighted by atomic mass is 35.5. The summed E-state index contributed by atoms with van der Waals surface area (Å²) in [5, 5.41) is 4.52. The Hall–Kier alpha value is -0.240. The summed E-state index contributed by atoms with van der Waals surface area (Å²) in [6.07, 6.45) is 0. The van der Waals surface area contributed by atoms with E-state index in [1.807, 2.05) is 32.2 Å². The van der Waals surface area contributed by atoms with Crippen molar-refractivity contribution in [2.45, 2.75) is 13.0 Å². The third kappa shape index (κ3) is 1.92. The van der Waals surface area contributed by atoms with Crippen LogP contribution in [0.3, 0.4) is 0 Å². The standard InChI is InChI=1S/C9H11Cl2N/c1-6(12-2)9-7(10)4-3-5-8(9)11/h3-6,12H,1-2H3/t6-/m0/s1. The Balaban J connectivity index is 3.12. The topological polar surface area (TPSA) is 12.0 Å². The summed E-state index contributed by atoms with van der Waals surface area (Å²) < 4.78 is 0. The highest BCUT2D eigenvalue weighted by molar-refractivity contribution is 6.36. The van der Waals surface area contributed by atoms with Crippen LogP contribution in [0.25, 0.3) is 0 Å². The van der Waals surface area contributed by atoms with E-state index in [1.54, 1.807) is 0 Å². The second-order valence-electron chi connectivity index (χ2n) is 2.65. The lowest BCUT2D eigenvalue weighted by Crippen LogP contribution is -2.13. The van der Waals surface area contributed by atoms with Gasteiger partial charge in [-0.2, -0.15) is 0 Å². The molecular weight excluding hydrogens is 193 g/mol. The molecule has 0 aliphatic carbocycles. The van der Waals surface area contributed by atoms with Crippen molar-refractivity contribution in [3.63, 3.8) is 0 Å². The second kappa shape index (κ2) is 4.13. The number of rotatable bonds is 2. The first kappa shape index (κ1) is 9.85. The average Bonchev–Trinajstić information content (AvgIpc) is 2.03. The molecule has 0 amide bonds. The zero-order valence-corrected chi connectivity index (χ0v) is 8.58. The van der Waals surface area contributed by atoms with Gasteiger partial charge in [-0.05, 0) is 26.1 Å². The molecule has 0 saturated carbocycles. The lowest BCUT2D eigenvalue weighted by molar-refractivity contribution is 0.653. The van der Waals surface area contributed by atoms with Crippen LogP contribution in [-0.4, -0.2) is 7.05 Å². The Kier molecular flexibility index (Phi) is 3.39. The fraction of sp³-hybridized carbons (Fsp3) is 0.333. The molecule has 0 spiro atoms. The first-order valence-corrected chi connectivity index (χ1v) is 4.53. The van der Waals surface area contributed by atoms with Crippen molar-refractivity contribution in [1.29, 1.82) is 0 Å². The smallest absolute Gasteiger partial charge is 0.0468 e. The molecule has 0 bridgehead atoms. The molecule has 0 radical (unpaired) electrons. The third-order valence-corrected chi connectivity index (χ3v) is 2.52. The molecule has 0 aliphatic rings. The molecule has 12 heavy (non-hydrogen) atoms. The molecule has 0 unspecified atom stereocenters. The van der Waals surface area contributed by atoms with E-state index in [4.69, 9.17) is 23.2 Å². The molecule has 66 valence electrons. The summed E-state index contributed by atoms with van der Waals surface area (Å²) in [5.41, 5.74) is 0.961. The Labute approximate surface area is 82.7 Å². The van der Waals surface area contributed by atoms with E-state index in [2.05, 4.69) is 5.32 Å². The van der Waals surface area contributed by atoms with Gasteiger partial charge < -0.3 is 5.32 Å². The van der Waals surface area contributed by atoms with Crippen molar-refractivity contribution < 1.29 is 0 Å². The molecule has 0 fully saturated rings. The van der Waals surface area contributed by atoms with Crippen LogP contribution >= 0.6 is 23.2 Å². The monoisotopic (exact) mass is 203 g/mol. The fourth-order valence-corrected chi connectivity index (χ4v) is 1.79. The van der Waals surface area contributed by atoms with Crippen LogP contribution in [0, 0.1) is 0 Å². The minimum atomic E-state index is 0.186. The molecule has 1 N–H and O–H groups in total. The van der Waals surface area contributed by atoms with Crippen molar-refractivity contribution >= 4 is 23.2 Å². The lowest BCUT2D eigenvalue weighted by atomic mass is 10.1. The van der Waals surface area contributed by atoms with Gasteiger partial charge in [0.05, 0.1) is 0 Å². The summed E-state index contributed by atoms with van der Waals surface area (Å²) in [6.45, 7) is 2.02. The first-order chi connectivity index (χ1) is 5.66. The molecule has 3 heteroatoms. The van der Waals surface area contributed by atoms with Crippen LogP contribution in [0.15, 0.2) is 18.2 Å².